The van der Waals surface area contributed by atoms with Gasteiger partial charge in [-0.05, 0) is 31.2 Å². The molecule has 0 aromatic carbocycles. The van der Waals surface area contributed by atoms with Crippen molar-refractivity contribution in [2.24, 2.45) is 0 Å². The number of nitrogens with zero attached hydrogens (tertiary/aromatic N) is 6. The molecule has 8 nitrogen and oxygen atoms in total. The SMILES string of the molecule is COCCn1c(SCc2cc(=O)n3c(C)cccc3n2)nnc1-c1ccncc1. The Morgan fingerprint density at radius 1 is 1.14 bits per heavy atom. The van der Waals surface area contributed by atoms with E-state index in [1.165, 1.54) is 11.8 Å². The van der Waals surface area contributed by atoms with Crippen LogP contribution in [0.4, 0.5) is 0 Å². The largest absolute Gasteiger partial charge is 0.383 e. The number of rotatable bonds is 7. The molecule has 0 saturated carbocycles. The van der Waals surface area contributed by atoms with E-state index in [0.717, 1.165) is 22.2 Å². The highest BCUT2D eigenvalue weighted by Crippen LogP contribution is 2.25. The molecule has 4 aromatic rings. The first kappa shape index (κ1) is 19.3. The van der Waals surface area contributed by atoms with Crippen molar-refractivity contribution < 1.29 is 4.74 Å². The molecule has 29 heavy (non-hydrogen) atoms. The van der Waals surface area contributed by atoms with Crippen molar-refractivity contribution in [3.63, 3.8) is 0 Å². The van der Waals surface area contributed by atoms with Crippen LogP contribution in [0.3, 0.4) is 0 Å². The van der Waals surface area contributed by atoms with Gasteiger partial charge in [0, 0.05) is 42.6 Å². The molecule has 0 unspecified atom stereocenters. The van der Waals surface area contributed by atoms with Crippen LogP contribution in [0.25, 0.3) is 17.0 Å². The van der Waals surface area contributed by atoms with Gasteiger partial charge >= 0.3 is 0 Å². The summed E-state index contributed by atoms with van der Waals surface area (Å²) in [5, 5.41) is 9.45. The first-order chi connectivity index (χ1) is 14.2. The molecular weight excluding hydrogens is 388 g/mol. The lowest BCUT2D eigenvalue weighted by atomic mass is 10.2. The van der Waals surface area contributed by atoms with Gasteiger partial charge in [0.25, 0.3) is 5.56 Å². The zero-order valence-electron chi connectivity index (χ0n) is 16.1. The third-order valence-corrected chi connectivity index (χ3v) is 5.46. The summed E-state index contributed by atoms with van der Waals surface area (Å²) in [5.41, 5.74) is 3.07. The molecule has 148 valence electrons. The van der Waals surface area contributed by atoms with Crippen molar-refractivity contribution in [3.05, 3.63) is 70.5 Å². The van der Waals surface area contributed by atoms with E-state index in [0.29, 0.717) is 30.2 Å². The Labute approximate surface area is 171 Å². The first-order valence-corrected chi connectivity index (χ1v) is 10.1. The van der Waals surface area contributed by atoms with Crippen LogP contribution < -0.4 is 5.56 Å². The fourth-order valence-electron chi connectivity index (χ4n) is 3.07. The molecule has 9 heteroatoms. The molecule has 0 amide bonds. The molecule has 0 bridgehead atoms. The number of pyridine rings is 2. The Morgan fingerprint density at radius 2 is 1.97 bits per heavy atom. The Kier molecular flexibility index (Phi) is 5.68. The number of methoxy groups -OCH3 is 1. The van der Waals surface area contributed by atoms with Crippen LogP contribution in [-0.2, 0) is 17.0 Å². The van der Waals surface area contributed by atoms with Gasteiger partial charge in [-0.25, -0.2) is 4.98 Å². The lowest BCUT2D eigenvalue weighted by molar-refractivity contribution is 0.185. The minimum Gasteiger partial charge on any atom is -0.383 e. The molecule has 4 aromatic heterocycles. The molecule has 0 atom stereocenters. The second-order valence-corrected chi connectivity index (χ2v) is 7.36. The van der Waals surface area contributed by atoms with E-state index in [9.17, 15) is 4.79 Å². The van der Waals surface area contributed by atoms with Gasteiger partial charge in [0.05, 0.1) is 18.8 Å². The number of aromatic nitrogens is 6. The van der Waals surface area contributed by atoms with Gasteiger partial charge in [0.2, 0.25) is 0 Å². The summed E-state index contributed by atoms with van der Waals surface area (Å²) in [4.78, 5) is 21.2. The van der Waals surface area contributed by atoms with Crippen LogP contribution in [0.2, 0.25) is 0 Å². The Hall–Kier alpha value is -3.04. The topological polar surface area (TPSA) is 87.2 Å². The van der Waals surface area contributed by atoms with Gasteiger partial charge in [-0.1, -0.05) is 17.8 Å². The predicted octanol–water partition coefficient (Wildman–Crippen LogP) is 2.60. The summed E-state index contributed by atoms with van der Waals surface area (Å²) in [7, 11) is 1.66. The molecule has 0 aliphatic rings. The van der Waals surface area contributed by atoms with E-state index < -0.39 is 0 Å². The monoisotopic (exact) mass is 408 g/mol. The van der Waals surface area contributed by atoms with Crippen molar-refractivity contribution in [2.45, 2.75) is 24.4 Å². The molecule has 0 N–H and O–H groups in total. The maximum Gasteiger partial charge on any atom is 0.258 e. The molecule has 4 rings (SSSR count). The molecule has 0 spiro atoms. The van der Waals surface area contributed by atoms with Crippen molar-refractivity contribution in [2.75, 3.05) is 13.7 Å². The molecule has 0 fully saturated rings. The van der Waals surface area contributed by atoms with E-state index in [-0.39, 0.29) is 5.56 Å². The zero-order chi connectivity index (χ0) is 20.2. The fraction of sp³-hybridized carbons (Fsp3) is 0.250. The van der Waals surface area contributed by atoms with Gasteiger partial charge in [0.1, 0.15) is 5.65 Å². The maximum absolute atomic E-state index is 12.5. The number of ether oxygens (including phenoxy) is 1. The van der Waals surface area contributed by atoms with E-state index in [1.54, 1.807) is 30.0 Å². The summed E-state index contributed by atoms with van der Waals surface area (Å²) in [5.74, 6) is 1.27. The average molecular weight is 408 g/mol. The maximum atomic E-state index is 12.5. The molecule has 0 aliphatic heterocycles. The van der Waals surface area contributed by atoms with E-state index in [2.05, 4.69) is 20.2 Å². The van der Waals surface area contributed by atoms with Gasteiger partial charge in [0.15, 0.2) is 11.0 Å². The van der Waals surface area contributed by atoms with Crippen LogP contribution in [0, 0.1) is 6.92 Å². The Balaban J connectivity index is 1.62. The van der Waals surface area contributed by atoms with Gasteiger partial charge in [-0.15, -0.1) is 10.2 Å². The summed E-state index contributed by atoms with van der Waals surface area (Å²) < 4.78 is 8.87. The predicted molar refractivity (Wildman–Crippen MR) is 111 cm³/mol. The molecule has 0 saturated heterocycles. The highest BCUT2D eigenvalue weighted by Gasteiger charge is 2.15. The molecule has 0 radical (unpaired) electrons. The number of hydrogen-bond acceptors (Lipinski definition) is 7. The van der Waals surface area contributed by atoms with Crippen molar-refractivity contribution in [3.8, 4) is 11.4 Å². The number of thioether (sulfide) groups is 1. The van der Waals surface area contributed by atoms with E-state index in [1.807, 2.05) is 41.8 Å². The summed E-state index contributed by atoms with van der Waals surface area (Å²) >= 11 is 1.50. The van der Waals surface area contributed by atoms with Gasteiger partial charge in [-0.2, -0.15) is 0 Å². The highest BCUT2D eigenvalue weighted by atomic mass is 32.2. The standard InChI is InChI=1S/C20H20N6O2S/c1-14-4-3-5-17-22-16(12-18(27)26(14)17)13-29-20-24-23-19(25(20)10-11-28-2)15-6-8-21-9-7-15/h3-9,12H,10-11,13H2,1-2H3. The van der Waals surface area contributed by atoms with Crippen molar-refractivity contribution in [1.82, 2.24) is 29.1 Å². The van der Waals surface area contributed by atoms with Crippen LogP contribution in [0.5, 0.6) is 0 Å². The Bertz CT molecular complexity index is 1190. The van der Waals surface area contributed by atoms with Crippen LogP contribution in [0.1, 0.15) is 11.4 Å². The lowest BCUT2D eigenvalue weighted by Gasteiger charge is -2.10. The third kappa shape index (κ3) is 4.06. The molecule has 4 heterocycles. The number of hydrogen-bond donors (Lipinski definition) is 0. The van der Waals surface area contributed by atoms with Crippen LogP contribution in [-0.4, -0.2) is 42.8 Å². The van der Waals surface area contributed by atoms with Crippen molar-refractivity contribution in [1.29, 1.82) is 0 Å². The number of fused-ring (bicyclic) bond motifs is 1. The highest BCUT2D eigenvalue weighted by molar-refractivity contribution is 7.98. The second kappa shape index (κ2) is 8.54. The van der Waals surface area contributed by atoms with Gasteiger partial charge in [-0.3, -0.25) is 18.7 Å². The zero-order valence-corrected chi connectivity index (χ0v) is 17.0. The van der Waals surface area contributed by atoms with Gasteiger partial charge < -0.3 is 4.74 Å². The van der Waals surface area contributed by atoms with E-state index in [4.69, 9.17) is 4.74 Å². The van der Waals surface area contributed by atoms with Crippen LogP contribution in [0.15, 0.2) is 58.7 Å². The second-order valence-electron chi connectivity index (χ2n) is 6.42. The lowest BCUT2D eigenvalue weighted by Crippen LogP contribution is -2.17. The smallest absolute Gasteiger partial charge is 0.258 e. The minimum absolute atomic E-state index is 0.0815. The third-order valence-electron chi connectivity index (χ3n) is 4.46. The number of aryl methyl sites for hydroxylation is 1. The minimum atomic E-state index is -0.0815. The summed E-state index contributed by atoms with van der Waals surface area (Å²) in [6.07, 6.45) is 3.46. The Morgan fingerprint density at radius 3 is 2.76 bits per heavy atom. The first-order valence-electron chi connectivity index (χ1n) is 9.11. The molecular formula is C20H20N6O2S. The quantitative estimate of drug-likeness (QED) is 0.434. The summed E-state index contributed by atoms with van der Waals surface area (Å²) in [6.45, 7) is 3.05. The normalized spacial score (nSPS) is 11.2. The van der Waals surface area contributed by atoms with E-state index >= 15 is 0 Å². The fourth-order valence-corrected chi connectivity index (χ4v) is 3.93. The summed E-state index contributed by atoms with van der Waals surface area (Å²) in [6, 6.07) is 11.0. The average Bonchev–Trinajstić information content (AvgIpc) is 3.14. The van der Waals surface area contributed by atoms with Crippen LogP contribution >= 0.6 is 11.8 Å². The van der Waals surface area contributed by atoms with Crippen molar-refractivity contribution >= 4 is 17.4 Å². The molecule has 0 aliphatic carbocycles.